The van der Waals surface area contributed by atoms with Gasteiger partial charge in [-0.3, -0.25) is 9.59 Å². The lowest BCUT2D eigenvalue weighted by Crippen LogP contribution is -2.21. The maximum absolute atomic E-state index is 12.3. The molecule has 0 bridgehead atoms. The van der Waals surface area contributed by atoms with Crippen LogP contribution in [0.1, 0.15) is 38.3 Å². The molecule has 2 N–H and O–H groups in total. The zero-order chi connectivity index (χ0) is 18.6. The van der Waals surface area contributed by atoms with Crippen molar-refractivity contribution in [2.75, 3.05) is 26.0 Å². The number of nitrogens with zero attached hydrogens (tertiary/aromatic N) is 4. The Morgan fingerprint density at radius 3 is 2.60 bits per heavy atom. The van der Waals surface area contributed by atoms with E-state index in [9.17, 15) is 14.4 Å². The molecule has 2 aromatic heterocycles. The highest BCUT2D eigenvalue weighted by Crippen LogP contribution is 2.34. The third-order valence-electron chi connectivity index (χ3n) is 3.19. The number of H-pyrrole nitrogens is 1. The molecule has 2 aromatic rings. The van der Waals surface area contributed by atoms with Gasteiger partial charge in [0, 0.05) is 14.1 Å². The van der Waals surface area contributed by atoms with Crippen molar-refractivity contribution >= 4 is 34.1 Å². The van der Waals surface area contributed by atoms with Crippen molar-refractivity contribution < 1.29 is 19.1 Å². The van der Waals surface area contributed by atoms with Crippen molar-refractivity contribution in [1.82, 2.24) is 25.5 Å². The number of ether oxygens (including phenoxy) is 1. The summed E-state index contributed by atoms with van der Waals surface area (Å²) in [5, 5.41) is 15.9. The fraction of sp³-hybridized carbons (Fsp3) is 0.429. The molecule has 0 saturated carbocycles. The minimum atomic E-state index is -0.594. The van der Waals surface area contributed by atoms with Gasteiger partial charge in [-0.1, -0.05) is 5.21 Å². The average molecular weight is 366 g/mol. The van der Waals surface area contributed by atoms with Gasteiger partial charge in [-0.15, -0.1) is 21.5 Å². The molecular formula is C14H18N6O4S. The molecule has 0 atom stereocenters. The lowest BCUT2D eigenvalue weighted by molar-refractivity contribution is -0.115. The van der Waals surface area contributed by atoms with Crippen LogP contribution in [0.4, 0.5) is 5.00 Å². The molecule has 2 heterocycles. The molecule has 11 heteroatoms. The molecule has 0 radical (unpaired) electrons. The normalized spacial score (nSPS) is 10.4. The summed E-state index contributed by atoms with van der Waals surface area (Å²) >= 11 is 1.03. The molecule has 2 amide bonds. The molecule has 0 saturated heterocycles. The van der Waals surface area contributed by atoms with Crippen LogP contribution in [-0.4, -0.2) is 64.0 Å². The molecule has 0 aromatic carbocycles. The standard InChI is InChI=1S/C14H18N6O4S/c1-5-24-14(23)10-7(2)11(13(22)20(3)4)25-12(10)15-9(21)6-8-16-18-19-17-8/h5-6H2,1-4H3,(H,15,21)(H,16,17,18,19). The molecule has 10 nitrogen and oxygen atoms in total. The SMILES string of the molecule is CCOC(=O)c1c(NC(=O)Cc2nn[nH]n2)sc(C(=O)N(C)C)c1C. The second-order valence-corrected chi connectivity index (χ2v) is 6.25. The number of aromatic amines is 1. The third-order valence-corrected chi connectivity index (χ3v) is 4.38. The largest absolute Gasteiger partial charge is 0.462 e. The van der Waals surface area contributed by atoms with Crippen LogP contribution in [0.5, 0.6) is 0 Å². The van der Waals surface area contributed by atoms with Crippen LogP contribution in [-0.2, 0) is 16.0 Å². The first-order chi connectivity index (χ1) is 11.8. The van der Waals surface area contributed by atoms with Gasteiger partial charge in [-0.25, -0.2) is 4.79 Å². The topological polar surface area (TPSA) is 130 Å². The van der Waals surface area contributed by atoms with E-state index in [2.05, 4.69) is 25.9 Å². The number of hydrogen-bond acceptors (Lipinski definition) is 8. The van der Waals surface area contributed by atoms with E-state index in [4.69, 9.17) is 4.74 Å². The third kappa shape index (κ3) is 4.18. The van der Waals surface area contributed by atoms with E-state index in [1.807, 2.05) is 0 Å². The van der Waals surface area contributed by atoms with E-state index in [1.54, 1.807) is 27.9 Å². The van der Waals surface area contributed by atoms with E-state index in [0.29, 0.717) is 10.4 Å². The van der Waals surface area contributed by atoms with Crippen LogP contribution >= 0.6 is 11.3 Å². The second-order valence-electron chi connectivity index (χ2n) is 5.23. The van der Waals surface area contributed by atoms with Crippen molar-refractivity contribution in [3.63, 3.8) is 0 Å². The first-order valence-corrected chi connectivity index (χ1v) is 8.21. The molecule has 0 aliphatic carbocycles. The Morgan fingerprint density at radius 1 is 1.32 bits per heavy atom. The molecule has 0 spiro atoms. The second kappa shape index (κ2) is 7.83. The zero-order valence-electron chi connectivity index (χ0n) is 14.2. The summed E-state index contributed by atoms with van der Waals surface area (Å²) in [5.74, 6) is -1.07. The molecule has 0 fully saturated rings. The van der Waals surface area contributed by atoms with Crippen LogP contribution in [0, 0.1) is 6.92 Å². The number of hydrogen-bond donors (Lipinski definition) is 2. The lowest BCUT2D eigenvalue weighted by atomic mass is 10.1. The van der Waals surface area contributed by atoms with Crippen molar-refractivity contribution in [2.24, 2.45) is 0 Å². The van der Waals surface area contributed by atoms with Gasteiger partial charge >= 0.3 is 5.97 Å². The number of carbonyl (C=O) groups is 3. The molecular weight excluding hydrogens is 348 g/mol. The van der Waals surface area contributed by atoms with Crippen molar-refractivity contribution in [1.29, 1.82) is 0 Å². The minimum Gasteiger partial charge on any atom is -0.462 e. The summed E-state index contributed by atoms with van der Waals surface area (Å²) in [6, 6.07) is 0. The summed E-state index contributed by atoms with van der Waals surface area (Å²) in [6.45, 7) is 3.51. The number of anilines is 1. The summed E-state index contributed by atoms with van der Waals surface area (Å²) in [7, 11) is 3.22. The van der Waals surface area contributed by atoms with E-state index in [1.165, 1.54) is 4.90 Å². The number of thiophene rings is 1. The smallest absolute Gasteiger partial charge is 0.341 e. The number of tetrazole rings is 1. The lowest BCUT2D eigenvalue weighted by Gasteiger charge is -2.09. The van der Waals surface area contributed by atoms with Crippen LogP contribution in [0.2, 0.25) is 0 Å². The number of aromatic nitrogens is 4. The summed E-state index contributed by atoms with van der Waals surface area (Å²) < 4.78 is 5.04. The molecule has 2 rings (SSSR count). The highest BCUT2D eigenvalue weighted by Gasteiger charge is 2.27. The van der Waals surface area contributed by atoms with Gasteiger partial charge in [0.25, 0.3) is 5.91 Å². The van der Waals surface area contributed by atoms with Gasteiger partial charge in [0.1, 0.15) is 5.00 Å². The number of esters is 1. The Morgan fingerprint density at radius 2 is 2.04 bits per heavy atom. The fourth-order valence-corrected chi connectivity index (χ4v) is 3.26. The van der Waals surface area contributed by atoms with Crippen LogP contribution in [0.25, 0.3) is 0 Å². The summed E-state index contributed by atoms with van der Waals surface area (Å²) in [4.78, 5) is 38.5. The number of nitrogens with one attached hydrogen (secondary N) is 2. The Bertz CT molecular complexity index is 784. The predicted octanol–water partition coefficient (Wildman–Crippen LogP) is 0.629. The Kier molecular flexibility index (Phi) is 5.80. The zero-order valence-corrected chi connectivity index (χ0v) is 15.1. The maximum atomic E-state index is 12.3. The predicted molar refractivity (Wildman–Crippen MR) is 89.5 cm³/mol. The Labute approximate surface area is 147 Å². The summed E-state index contributed by atoms with van der Waals surface area (Å²) in [6.07, 6.45) is -0.118. The molecule has 0 aliphatic rings. The van der Waals surface area contributed by atoms with Gasteiger partial charge in [0.2, 0.25) is 5.91 Å². The molecule has 0 aliphatic heterocycles. The molecule has 134 valence electrons. The highest BCUT2D eigenvalue weighted by atomic mass is 32.1. The van der Waals surface area contributed by atoms with Gasteiger partial charge in [-0.2, -0.15) is 5.21 Å². The summed E-state index contributed by atoms with van der Waals surface area (Å²) in [5.41, 5.74) is 0.649. The highest BCUT2D eigenvalue weighted by molar-refractivity contribution is 7.18. The Balaban J connectivity index is 2.33. The quantitative estimate of drug-likeness (QED) is 0.717. The van der Waals surface area contributed by atoms with Gasteiger partial charge in [-0.05, 0) is 19.4 Å². The van der Waals surface area contributed by atoms with Crippen molar-refractivity contribution in [3.05, 3.63) is 21.8 Å². The monoisotopic (exact) mass is 366 g/mol. The molecule has 0 unspecified atom stereocenters. The maximum Gasteiger partial charge on any atom is 0.341 e. The van der Waals surface area contributed by atoms with Gasteiger partial charge in [0.15, 0.2) is 5.82 Å². The minimum absolute atomic E-state index is 0.118. The number of rotatable bonds is 6. The fourth-order valence-electron chi connectivity index (χ4n) is 2.03. The number of amides is 2. The first-order valence-electron chi connectivity index (χ1n) is 7.39. The van der Waals surface area contributed by atoms with Gasteiger partial charge < -0.3 is 15.0 Å². The van der Waals surface area contributed by atoms with Crippen LogP contribution in [0.3, 0.4) is 0 Å². The van der Waals surface area contributed by atoms with Crippen LogP contribution < -0.4 is 5.32 Å². The van der Waals surface area contributed by atoms with E-state index < -0.39 is 11.9 Å². The van der Waals surface area contributed by atoms with Gasteiger partial charge in [0.05, 0.1) is 23.5 Å². The van der Waals surface area contributed by atoms with Crippen LogP contribution in [0.15, 0.2) is 0 Å². The molecule has 25 heavy (non-hydrogen) atoms. The van der Waals surface area contributed by atoms with E-state index in [0.717, 1.165) is 11.3 Å². The van der Waals surface area contributed by atoms with Crippen molar-refractivity contribution in [3.8, 4) is 0 Å². The van der Waals surface area contributed by atoms with E-state index in [-0.39, 0.29) is 35.3 Å². The van der Waals surface area contributed by atoms with E-state index >= 15 is 0 Å². The van der Waals surface area contributed by atoms with Crippen molar-refractivity contribution in [2.45, 2.75) is 20.3 Å². The average Bonchev–Trinajstić information content (AvgIpc) is 3.14. The Hall–Kier alpha value is -2.82. The first kappa shape index (κ1) is 18.5. The number of carbonyl (C=O) groups excluding carboxylic acids is 3.